The van der Waals surface area contributed by atoms with Crippen molar-refractivity contribution in [3.05, 3.63) is 30.2 Å². The maximum absolute atomic E-state index is 4.23. The first-order chi connectivity index (χ1) is 8.72. The molecule has 4 nitrogen and oxygen atoms in total. The van der Waals surface area contributed by atoms with E-state index >= 15 is 0 Å². The van der Waals surface area contributed by atoms with Gasteiger partial charge >= 0.3 is 0 Å². The van der Waals surface area contributed by atoms with Crippen LogP contribution < -0.4 is 5.32 Å². The van der Waals surface area contributed by atoms with E-state index < -0.39 is 0 Å². The lowest BCUT2D eigenvalue weighted by molar-refractivity contribution is 0.392. The summed E-state index contributed by atoms with van der Waals surface area (Å²) in [5.41, 5.74) is 0.919. The second-order valence-electron chi connectivity index (χ2n) is 4.92. The van der Waals surface area contributed by atoms with Crippen LogP contribution in [0.2, 0.25) is 0 Å². The lowest BCUT2D eigenvalue weighted by Crippen LogP contribution is -2.33. The number of hydrogen-bond donors (Lipinski definition) is 1. The summed E-state index contributed by atoms with van der Waals surface area (Å²) in [6.45, 7) is 7.70. The highest BCUT2D eigenvalue weighted by atomic mass is 15.2. The van der Waals surface area contributed by atoms with Gasteiger partial charge in [-0.2, -0.15) is 0 Å². The van der Waals surface area contributed by atoms with E-state index in [1.165, 1.54) is 6.42 Å². The molecule has 18 heavy (non-hydrogen) atoms. The predicted octanol–water partition coefficient (Wildman–Crippen LogP) is 2.30. The molecule has 2 heterocycles. The molecule has 2 aromatic heterocycles. The van der Waals surface area contributed by atoms with Crippen molar-refractivity contribution in [2.24, 2.45) is 5.92 Å². The highest BCUT2D eigenvalue weighted by molar-refractivity contribution is 5.36. The van der Waals surface area contributed by atoms with Gasteiger partial charge < -0.3 is 5.32 Å². The summed E-state index contributed by atoms with van der Waals surface area (Å²) in [7, 11) is 0. The summed E-state index contributed by atoms with van der Waals surface area (Å²) in [6.07, 6.45) is 4.14. The third kappa shape index (κ3) is 2.88. The molecule has 0 fully saturated rings. The van der Waals surface area contributed by atoms with Gasteiger partial charge in [-0.05, 0) is 25.0 Å². The van der Waals surface area contributed by atoms with E-state index in [2.05, 4.69) is 40.7 Å². The van der Waals surface area contributed by atoms with Gasteiger partial charge in [-0.3, -0.25) is 4.40 Å². The number of aromatic nitrogens is 3. The van der Waals surface area contributed by atoms with Crippen molar-refractivity contribution in [2.75, 3.05) is 6.54 Å². The predicted molar refractivity (Wildman–Crippen MR) is 73.6 cm³/mol. The Morgan fingerprint density at radius 1 is 1.28 bits per heavy atom. The van der Waals surface area contributed by atoms with E-state index in [-0.39, 0.29) is 0 Å². The van der Waals surface area contributed by atoms with Crippen molar-refractivity contribution in [1.82, 2.24) is 19.9 Å². The van der Waals surface area contributed by atoms with Crippen LogP contribution in [-0.4, -0.2) is 27.2 Å². The zero-order valence-electron chi connectivity index (χ0n) is 11.4. The van der Waals surface area contributed by atoms with E-state index in [0.29, 0.717) is 12.0 Å². The Morgan fingerprint density at radius 2 is 2.11 bits per heavy atom. The average molecular weight is 246 g/mol. The summed E-state index contributed by atoms with van der Waals surface area (Å²) >= 11 is 0. The van der Waals surface area contributed by atoms with Crippen LogP contribution >= 0.6 is 0 Å². The lowest BCUT2D eigenvalue weighted by Gasteiger charge is -2.19. The summed E-state index contributed by atoms with van der Waals surface area (Å²) < 4.78 is 2.05. The topological polar surface area (TPSA) is 42.2 Å². The quantitative estimate of drug-likeness (QED) is 0.850. The molecule has 2 unspecified atom stereocenters. The van der Waals surface area contributed by atoms with Crippen LogP contribution in [0.25, 0.3) is 5.65 Å². The van der Waals surface area contributed by atoms with E-state index in [9.17, 15) is 0 Å². The fourth-order valence-corrected chi connectivity index (χ4v) is 2.03. The van der Waals surface area contributed by atoms with Crippen LogP contribution in [0.3, 0.4) is 0 Å². The van der Waals surface area contributed by atoms with Crippen molar-refractivity contribution in [1.29, 1.82) is 0 Å². The molecule has 0 aliphatic rings. The molecule has 0 radical (unpaired) electrons. The van der Waals surface area contributed by atoms with Gasteiger partial charge in [0.15, 0.2) is 5.65 Å². The summed E-state index contributed by atoms with van der Waals surface area (Å²) in [4.78, 5) is 0. The van der Waals surface area contributed by atoms with Crippen LogP contribution in [0, 0.1) is 5.92 Å². The van der Waals surface area contributed by atoms with Gasteiger partial charge in [0, 0.05) is 25.2 Å². The Balaban J connectivity index is 1.91. The summed E-state index contributed by atoms with van der Waals surface area (Å²) in [5.74, 6) is 1.73. The van der Waals surface area contributed by atoms with Crippen molar-refractivity contribution in [3.8, 4) is 0 Å². The molecule has 0 aromatic carbocycles. The molecule has 0 saturated heterocycles. The Kier molecular flexibility index (Phi) is 4.31. The Morgan fingerprint density at radius 3 is 2.89 bits per heavy atom. The van der Waals surface area contributed by atoms with Gasteiger partial charge in [-0.25, -0.2) is 0 Å². The van der Waals surface area contributed by atoms with Crippen LogP contribution in [-0.2, 0) is 6.42 Å². The van der Waals surface area contributed by atoms with Crippen molar-refractivity contribution >= 4 is 5.65 Å². The first-order valence-electron chi connectivity index (χ1n) is 6.74. The molecule has 2 aromatic rings. The number of nitrogens with one attached hydrogen (secondary N) is 1. The molecule has 0 aliphatic carbocycles. The van der Waals surface area contributed by atoms with Gasteiger partial charge in [0.1, 0.15) is 5.82 Å². The molecule has 0 saturated carbocycles. The molecule has 4 heteroatoms. The maximum atomic E-state index is 4.23. The van der Waals surface area contributed by atoms with Gasteiger partial charge in [-0.1, -0.05) is 26.3 Å². The number of rotatable bonds is 6. The first-order valence-corrected chi connectivity index (χ1v) is 6.74. The first kappa shape index (κ1) is 13.0. The molecule has 98 valence electrons. The van der Waals surface area contributed by atoms with E-state index in [4.69, 9.17) is 0 Å². The third-order valence-corrected chi connectivity index (χ3v) is 3.70. The average Bonchev–Trinajstić information content (AvgIpc) is 2.81. The highest BCUT2D eigenvalue weighted by Crippen LogP contribution is 2.07. The molecule has 1 N–H and O–H groups in total. The summed E-state index contributed by atoms with van der Waals surface area (Å²) in [6, 6.07) is 6.52. The van der Waals surface area contributed by atoms with Crippen molar-refractivity contribution < 1.29 is 0 Å². The van der Waals surface area contributed by atoms with Crippen LogP contribution in [0.15, 0.2) is 24.4 Å². The van der Waals surface area contributed by atoms with Gasteiger partial charge in [-0.15, -0.1) is 10.2 Å². The second kappa shape index (κ2) is 5.96. The standard InChI is InChI=1S/C14H22N4/c1-4-11(2)12(3)15-9-8-14-17-16-13-7-5-6-10-18(13)14/h5-7,10-12,15H,4,8-9H2,1-3H3. The van der Waals surface area contributed by atoms with Gasteiger partial charge in [0.2, 0.25) is 0 Å². The Bertz CT molecular complexity index is 491. The minimum absolute atomic E-state index is 0.550. The Hall–Kier alpha value is -1.42. The fourth-order valence-electron chi connectivity index (χ4n) is 2.03. The van der Waals surface area contributed by atoms with Gasteiger partial charge in [0.25, 0.3) is 0 Å². The van der Waals surface area contributed by atoms with E-state index in [0.717, 1.165) is 24.4 Å². The normalized spacial score (nSPS) is 14.8. The van der Waals surface area contributed by atoms with Crippen LogP contribution in [0.4, 0.5) is 0 Å². The van der Waals surface area contributed by atoms with Crippen molar-refractivity contribution in [2.45, 2.75) is 39.7 Å². The van der Waals surface area contributed by atoms with E-state index in [1.54, 1.807) is 0 Å². The molecule has 0 bridgehead atoms. The zero-order valence-corrected chi connectivity index (χ0v) is 11.4. The molecule has 0 amide bonds. The number of fused-ring (bicyclic) bond motifs is 1. The largest absolute Gasteiger partial charge is 0.314 e. The molecular formula is C14H22N4. The van der Waals surface area contributed by atoms with Gasteiger partial charge in [0.05, 0.1) is 0 Å². The number of pyridine rings is 1. The minimum Gasteiger partial charge on any atom is -0.314 e. The highest BCUT2D eigenvalue weighted by Gasteiger charge is 2.10. The maximum Gasteiger partial charge on any atom is 0.160 e. The Labute approximate surface area is 108 Å². The number of nitrogens with zero attached hydrogens (tertiary/aromatic N) is 3. The monoisotopic (exact) mass is 246 g/mol. The van der Waals surface area contributed by atoms with Crippen LogP contribution in [0.5, 0.6) is 0 Å². The van der Waals surface area contributed by atoms with Crippen molar-refractivity contribution in [3.63, 3.8) is 0 Å². The second-order valence-corrected chi connectivity index (χ2v) is 4.92. The molecular weight excluding hydrogens is 224 g/mol. The SMILES string of the molecule is CCC(C)C(C)NCCc1nnc2ccccn12. The fraction of sp³-hybridized carbons (Fsp3) is 0.571. The minimum atomic E-state index is 0.550. The smallest absolute Gasteiger partial charge is 0.160 e. The molecule has 2 atom stereocenters. The van der Waals surface area contributed by atoms with Crippen LogP contribution in [0.1, 0.15) is 33.0 Å². The van der Waals surface area contributed by atoms with E-state index in [1.807, 2.05) is 24.4 Å². The molecule has 2 rings (SSSR count). The summed E-state index contributed by atoms with van der Waals surface area (Å²) in [5, 5.41) is 11.9. The third-order valence-electron chi connectivity index (χ3n) is 3.70. The molecule has 0 aliphatic heterocycles. The lowest BCUT2D eigenvalue weighted by atomic mass is 10.0. The molecule has 0 spiro atoms. The zero-order chi connectivity index (χ0) is 13.0. The number of hydrogen-bond acceptors (Lipinski definition) is 3.